The van der Waals surface area contributed by atoms with Crippen LogP contribution in [0.5, 0.6) is 0 Å². The number of nitrogens with one attached hydrogen (secondary N) is 1. The lowest BCUT2D eigenvalue weighted by Gasteiger charge is -2.39. The smallest absolute Gasteiger partial charge is 0.292 e. The summed E-state index contributed by atoms with van der Waals surface area (Å²) in [4.78, 5) is 10.5. The van der Waals surface area contributed by atoms with Gasteiger partial charge in [0.2, 0.25) is 10.0 Å². The summed E-state index contributed by atoms with van der Waals surface area (Å²) >= 11 is 0. The van der Waals surface area contributed by atoms with E-state index in [4.69, 9.17) is 4.74 Å². The van der Waals surface area contributed by atoms with Crippen molar-refractivity contribution in [3.05, 3.63) is 28.3 Å². The normalized spacial score (nSPS) is 17.3. The van der Waals surface area contributed by atoms with Crippen LogP contribution < -0.4 is 5.32 Å². The van der Waals surface area contributed by atoms with Gasteiger partial charge in [-0.3, -0.25) is 10.1 Å². The molecule has 1 aliphatic rings. The number of hydrogen-bond donors (Lipinski definition) is 1. The van der Waals surface area contributed by atoms with Crippen LogP contribution in [-0.4, -0.2) is 50.5 Å². The molecule has 0 spiro atoms. The van der Waals surface area contributed by atoms with Crippen molar-refractivity contribution in [1.82, 2.24) is 4.31 Å². The summed E-state index contributed by atoms with van der Waals surface area (Å²) in [5.74, 6) is 0. The lowest BCUT2D eigenvalue weighted by Crippen LogP contribution is -2.53. The second-order valence-electron chi connectivity index (χ2n) is 5.40. The van der Waals surface area contributed by atoms with Gasteiger partial charge in [0, 0.05) is 20.2 Å². The van der Waals surface area contributed by atoms with Crippen LogP contribution >= 0.6 is 0 Å². The summed E-state index contributed by atoms with van der Waals surface area (Å²) in [7, 11) is -0.831. The fourth-order valence-electron chi connectivity index (χ4n) is 1.95. The van der Waals surface area contributed by atoms with Crippen LogP contribution in [0, 0.1) is 10.1 Å². The van der Waals surface area contributed by atoms with E-state index in [9.17, 15) is 18.5 Å². The van der Waals surface area contributed by atoms with Crippen molar-refractivity contribution in [2.75, 3.05) is 32.6 Å². The Labute approximate surface area is 122 Å². The van der Waals surface area contributed by atoms with Gasteiger partial charge in [0.25, 0.3) is 5.69 Å². The van der Waals surface area contributed by atoms with Crippen molar-refractivity contribution in [2.24, 2.45) is 0 Å². The molecule has 1 heterocycles. The van der Waals surface area contributed by atoms with E-state index in [1.807, 2.05) is 6.92 Å². The first kappa shape index (κ1) is 15.7. The maximum Gasteiger partial charge on any atom is 0.292 e. The Kier molecular flexibility index (Phi) is 3.91. The molecular formula is C12H17N3O5S. The molecule has 2 rings (SSSR count). The van der Waals surface area contributed by atoms with Gasteiger partial charge < -0.3 is 10.1 Å². The SMILES string of the molecule is CN(C)S(=O)(=O)c1ccc([N+](=O)[O-])c(NC2(C)COC2)c1. The zero-order chi connectivity index (χ0) is 15.8. The molecular weight excluding hydrogens is 298 g/mol. The Morgan fingerprint density at radius 3 is 2.43 bits per heavy atom. The highest BCUT2D eigenvalue weighted by molar-refractivity contribution is 7.89. The van der Waals surface area contributed by atoms with E-state index in [-0.39, 0.29) is 16.3 Å². The molecule has 9 heteroatoms. The molecule has 1 N–H and O–H groups in total. The summed E-state index contributed by atoms with van der Waals surface area (Å²) in [5, 5.41) is 14.1. The van der Waals surface area contributed by atoms with Crippen LogP contribution in [0.1, 0.15) is 6.92 Å². The molecule has 1 saturated heterocycles. The monoisotopic (exact) mass is 315 g/mol. The number of nitro benzene ring substituents is 1. The lowest BCUT2D eigenvalue weighted by atomic mass is 10.00. The first-order chi connectivity index (χ1) is 9.66. The van der Waals surface area contributed by atoms with E-state index in [2.05, 4.69) is 5.32 Å². The van der Waals surface area contributed by atoms with E-state index in [0.29, 0.717) is 13.2 Å². The summed E-state index contributed by atoms with van der Waals surface area (Å²) in [6, 6.07) is 3.72. The minimum Gasteiger partial charge on any atom is -0.376 e. The topological polar surface area (TPSA) is 102 Å². The molecule has 0 radical (unpaired) electrons. The Bertz CT molecular complexity index is 667. The number of nitro groups is 1. The van der Waals surface area contributed by atoms with E-state index in [1.54, 1.807) is 0 Å². The summed E-state index contributed by atoms with van der Waals surface area (Å²) < 4.78 is 30.4. The van der Waals surface area contributed by atoms with Crippen molar-refractivity contribution >= 4 is 21.4 Å². The van der Waals surface area contributed by atoms with Gasteiger partial charge >= 0.3 is 0 Å². The first-order valence-corrected chi connectivity index (χ1v) is 7.67. The molecule has 8 nitrogen and oxygen atoms in total. The molecule has 0 unspecified atom stereocenters. The number of benzene rings is 1. The van der Waals surface area contributed by atoms with Gasteiger partial charge in [-0.25, -0.2) is 12.7 Å². The van der Waals surface area contributed by atoms with Gasteiger partial charge in [-0.05, 0) is 19.1 Å². The third-order valence-corrected chi connectivity index (χ3v) is 5.03. The first-order valence-electron chi connectivity index (χ1n) is 6.23. The molecule has 116 valence electrons. The minimum atomic E-state index is -3.65. The van der Waals surface area contributed by atoms with Gasteiger partial charge in [0.05, 0.1) is 28.6 Å². The van der Waals surface area contributed by atoms with Crippen molar-refractivity contribution < 1.29 is 18.1 Å². The second-order valence-corrected chi connectivity index (χ2v) is 7.55. The van der Waals surface area contributed by atoms with Crippen LogP contribution in [0.3, 0.4) is 0 Å². The number of hydrogen-bond acceptors (Lipinski definition) is 6. The van der Waals surface area contributed by atoms with E-state index in [1.165, 1.54) is 32.3 Å². The minimum absolute atomic E-state index is 0.00411. The average molecular weight is 315 g/mol. The van der Waals surface area contributed by atoms with Crippen LogP contribution in [0.4, 0.5) is 11.4 Å². The molecule has 0 aliphatic carbocycles. The number of anilines is 1. The number of nitrogens with zero attached hydrogens (tertiary/aromatic N) is 2. The number of sulfonamides is 1. The highest BCUT2D eigenvalue weighted by Gasteiger charge is 2.35. The standard InChI is InChI=1S/C12H17N3O5S/c1-12(7-20-8-12)13-10-6-9(21(18,19)14(2)3)4-5-11(10)15(16)17/h4-6,13H,7-8H2,1-3H3. The van der Waals surface area contributed by atoms with Crippen LogP contribution in [0.2, 0.25) is 0 Å². The predicted molar refractivity (Wildman–Crippen MR) is 76.8 cm³/mol. The highest BCUT2D eigenvalue weighted by Crippen LogP contribution is 2.32. The largest absolute Gasteiger partial charge is 0.376 e. The number of ether oxygens (including phenoxy) is 1. The van der Waals surface area contributed by atoms with Crippen molar-refractivity contribution in [1.29, 1.82) is 0 Å². The maximum atomic E-state index is 12.1. The summed E-state index contributed by atoms with van der Waals surface area (Å²) in [6.07, 6.45) is 0. The Balaban J connectivity index is 2.47. The third-order valence-electron chi connectivity index (χ3n) is 3.22. The molecule has 1 aromatic rings. The Morgan fingerprint density at radius 1 is 1.38 bits per heavy atom. The molecule has 1 aliphatic heterocycles. The maximum absolute atomic E-state index is 12.1. The van der Waals surface area contributed by atoms with Crippen molar-refractivity contribution in [2.45, 2.75) is 17.4 Å². The highest BCUT2D eigenvalue weighted by atomic mass is 32.2. The van der Waals surface area contributed by atoms with Crippen LogP contribution in [0.25, 0.3) is 0 Å². The van der Waals surface area contributed by atoms with Gasteiger partial charge in [-0.1, -0.05) is 0 Å². The van der Waals surface area contributed by atoms with Crippen molar-refractivity contribution in [3.8, 4) is 0 Å². The average Bonchev–Trinajstić information content (AvgIpc) is 2.36. The molecule has 0 amide bonds. The van der Waals surface area contributed by atoms with Crippen LogP contribution in [0.15, 0.2) is 23.1 Å². The van der Waals surface area contributed by atoms with Gasteiger partial charge in [-0.15, -0.1) is 0 Å². The lowest BCUT2D eigenvalue weighted by molar-refractivity contribution is -0.384. The van der Waals surface area contributed by atoms with Gasteiger partial charge in [0.15, 0.2) is 0 Å². The quantitative estimate of drug-likeness (QED) is 0.643. The van der Waals surface area contributed by atoms with E-state index in [0.717, 1.165) is 4.31 Å². The summed E-state index contributed by atoms with van der Waals surface area (Å²) in [6.45, 7) is 2.68. The zero-order valence-electron chi connectivity index (χ0n) is 12.0. The number of rotatable bonds is 5. The fraction of sp³-hybridized carbons (Fsp3) is 0.500. The predicted octanol–water partition coefficient (Wildman–Crippen LogP) is 1.05. The molecule has 21 heavy (non-hydrogen) atoms. The molecule has 0 bridgehead atoms. The zero-order valence-corrected chi connectivity index (χ0v) is 12.8. The molecule has 0 saturated carbocycles. The van der Waals surface area contributed by atoms with E-state index >= 15 is 0 Å². The van der Waals surface area contributed by atoms with Gasteiger partial charge in [0.1, 0.15) is 5.69 Å². The van der Waals surface area contributed by atoms with E-state index < -0.39 is 20.5 Å². The fourth-order valence-corrected chi connectivity index (χ4v) is 2.88. The molecule has 0 atom stereocenters. The van der Waals surface area contributed by atoms with Gasteiger partial charge in [-0.2, -0.15) is 0 Å². The Hall–Kier alpha value is -1.71. The second kappa shape index (κ2) is 5.24. The van der Waals surface area contributed by atoms with Crippen molar-refractivity contribution in [3.63, 3.8) is 0 Å². The molecule has 1 fully saturated rings. The molecule has 0 aromatic heterocycles. The Morgan fingerprint density at radius 2 is 2.00 bits per heavy atom. The third kappa shape index (κ3) is 2.99. The molecule has 1 aromatic carbocycles. The van der Waals surface area contributed by atoms with Crippen LogP contribution in [-0.2, 0) is 14.8 Å². The summed E-state index contributed by atoms with van der Waals surface area (Å²) in [5.41, 5.74) is -0.416.